The Kier molecular flexibility index (Phi) is 4.82. The molecule has 21 heavy (non-hydrogen) atoms. The van der Waals surface area contributed by atoms with Crippen LogP contribution in [0.2, 0.25) is 0 Å². The maximum atomic E-state index is 8.98. The van der Waals surface area contributed by atoms with Gasteiger partial charge in [0.15, 0.2) is 0 Å². The fraction of sp³-hybridized carbons (Fsp3) is 0.389. The van der Waals surface area contributed by atoms with Gasteiger partial charge in [0.2, 0.25) is 0 Å². The number of aromatic nitrogens is 1. The standard InChI is InChI=1S/C18H23N3/c1-18(2,10-9-15-7-5-4-6-8-15)20-13-16-11-17(12-19)21(3)14-16/h4-8,11,14,20H,9-10,13H2,1-3H3. The molecule has 0 saturated carbocycles. The average Bonchev–Trinajstić information content (AvgIpc) is 2.85. The summed E-state index contributed by atoms with van der Waals surface area (Å²) >= 11 is 0. The number of nitrogens with one attached hydrogen (secondary N) is 1. The highest BCUT2D eigenvalue weighted by molar-refractivity contribution is 5.28. The van der Waals surface area contributed by atoms with Gasteiger partial charge in [0, 0.05) is 25.3 Å². The molecule has 0 fully saturated rings. The van der Waals surface area contributed by atoms with Crippen LogP contribution in [-0.4, -0.2) is 10.1 Å². The monoisotopic (exact) mass is 281 g/mol. The van der Waals surface area contributed by atoms with Crippen molar-refractivity contribution in [1.29, 1.82) is 5.26 Å². The molecule has 0 atom stereocenters. The Bertz CT molecular complexity index is 618. The lowest BCUT2D eigenvalue weighted by Crippen LogP contribution is -2.39. The Morgan fingerprint density at radius 1 is 1.19 bits per heavy atom. The molecule has 0 saturated heterocycles. The first kappa shape index (κ1) is 15.3. The van der Waals surface area contributed by atoms with Crippen molar-refractivity contribution < 1.29 is 0 Å². The normalized spacial score (nSPS) is 11.3. The van der Waals surface area contributed by atoms with E-state index in [2.05, 4.69) is 55.6 Å². The molecule has 1 heterocycles. The third-order valence-corrected chi connectivity index (χ3v) is 3.83. The highest BCUT2D eigenvalue weighted by atomic mass is 15.0. The van der Waals surface area contributed by atoms with E-state index in [1.54, 1.807) is 0 Å². The van der Waals surface area contributed by atoms with E-state index in [1.165, 1.54) is 5.56 Å². The highest BCUT2D eigenvalue weighted by Crippen LogP contribution is 2.15. The van der Waals surface area contributed by atoms with Crippen molar-refractivity contribution in [2.24, 2.45) is 7.05 Å². The van der Waals surface area contributed by atoms with Crippen molar-refractivity contribution in [1.82, 2.24) is 9.88 Å². The Labute approximate surface area is 127 Å². The van der Waals surface area contributed by atoms with Crippen LogP contribution in [-0.2, 0) is 20.0 Å². The lowest BCUT2D eigenvalue weighted by molar-refractivity contribution is 0.360. The maximum absolute atomic E-state index is 8.98. The molecular weight excluding hydrogens is 258 g/mol. The van der Waals surface area contributed by atoms with Crippen LogP contribution in [0, 0.1) is 11.3 Å². The molecule has 0 spiro atoms. The van der Waals surface area contributed by atoms with E-state index >= 15 is 0 Å². The minimum absolute atomic E-state index is 0.0679. The Balaban J connectivity index is 1.87. The quantitative estimate of drug-likeness (QED) is 0.881. The van der Waals surface area contributed by atoms with Gasteiger partial charge in [-0.3, -0.25) is 0 Å². The van der Waals surface area contributed by atoms with Gasteiger partial charge in [-0.25, -0.2) is 0 Å². The molecule has 2 rings (SSSR count). The second-order valence-corrected chi connectivity index (χ2v) is 6.18. The van der Waals surface area contributed by atoms with Crippen LogP contribution in [0.1, 0.15) is 37.1 Å². The first-order valence-corrected chi connectivity index (χ1v) is 7.34. The maximum Gasteiger partial charge on any atom is 0.120 e. The van der Waals surface area contributed by atoms with Crippen molar-refractivity contribution >= 4 is 0 Å². The summed E-state index contributed by atoms with van der Waals surface area (Å²) in [4.78, 5) is 0. The van der Waals surface area contributed by atoms with Gasteiger partial charge in [-0.15, -0.1) is 0 Å². The third kappa shape index (κ3) is 4.47. The topological polar surface area (TPSA) is 40.8 Å². The molecule has 0 radical (unpaired) electrons. The molecule has 0 bridgehead atoms. The summed E-state index contributed by atoms with van der Waals surface area (Å²) in [7, 11) is 1.91. The van der Waals surface area contributed by atoms with Gasteiger partial charge in [-0.2, -0.15) is 5.26 Å². The van der Waals surface area contributed by atoms with Crippen LogP contribution in [0.3, 0.4) is 0 Å². The summed E-state index contributed by atoms with van der Waals surface area (Å²) in [5.41, 5.74) is 3.30. The number of hydrogen-bond acceptors (Lipinski definition) is 2. The van der Waals surface area contributed by atoms with Crippen LogP contribution in [0.4, 0.5) is 0 Å². The van der Waals surface area contributed by atoms with Crippen molar-refractivity contribution in [3.8, 4) is 6.07 Å². The van der Waals surface area contributed by atoms with E-state index in [4.69, 9.17) is 5.26 Å². The van der Waals surface area contributed by atoms with Crippen LogP contribution >= 0.6 is 0 Å². The van der Waals surface area contributed by atoms with E-state index < -0.39 is 0 Å². The molecule has 110 valence electrons. The van der Waals surface area contributed by atoms with Gasteiger partial charge >= 0.3 is 0 Å². The number of nitriles is 1. The molecule has 3 heteroatoms. The lowest BCUT2D eigenvalue weighted by Gasteiger charge is -2.26. The molecule has 1 aromatic heterocycles. The number of rotatable bonds is 6. The first-order chi connectivity index (χ1) is 10.00. The largest absolute Gasteiger partial charge is 0.342 e. The van der Waals surface area contributed by atoms with E-state index in [-0.39, 0.29) is 5.54 Å². The predicted octanol–water partition coefficient (Wildman–Crippen LogP) is 3.40. The summed E-state index contributed by atoms with van der Waals surface area (Å²) < 4.78 is 1.87. The summed E-state index contributed by atoms with van der Waals surface area (Å²) in [5.74, 6) is 0. The minimum atomic E-state index is 0.0679. The summed E-state index contributed by atoms with van der Waals surface area (Å²) in [5, 5.41) is 12.6. The van der Waals surface area contributed by atoms with Crippen LogP contribution in [0.25, 0.3) is 0 Å². The minimum Gasteiger partial charge on any atom is -0.342 e. The Hall–Kier alpha value is -2.05. The Morgan fingerprint density at radius 3 is 2.52 bits per heavy atom. The van der Waals surface area contributed by atoms with Crippen LogP contribution < -0.4 is 5.32 Å². The van der Waals surface area contributed by atoms with Crippen molar-refractivity contribution in [2.45, 2.75) is 38.8 Å². The second-order valence-electron chi connectivity index (χ2n) is 6.18. The number of benzene rings is 1. The molecule has 1 aromatic carbocycles. The van der Waals surface area contributed by atoms with E-state index in [1.807, 2.05) is 23.9 Å². The molecule has 0 aliphatic carbocycles. The number of aryl methyl sites for hydroxylation is 2. The van der Waals surface area contributed by atoms with Crippen LogP contribution in [0.15, 0.2) is 42.6 Å². The molecule has 1 N–H and O–H groups in total. The first-order valence-electron chi connectivity index (χ1n) is 7.34. The molecule has 0 aliphatic rings. The molecule has 3 nitrogen and oxygen atoms in total. The summed E-state index contributed by atoms with van der Waals surface area (Å²) in [6, 6.07) is 14.7. The zero-order chi connectivity index (χ0) is 15.3. The third-order valence-electron chi connectivity index (χ3n) is 3.83. The molecular formula is C18H23N3. The predicted molar refractivity (Wildman–Crippen MR) is 85.8 cm³/mol. The molecule has 0 aliphatic heterocycles. The lowest BCUT2D eigenvalue weighted by atomic mass is 9.95. The van der Waals surface area contributed by atoms with Crippen molar-refractivity contribution in [3.63, 3.8) is 0 Å². The highest BCUT2D eigenvalue weighted by Gasteiger charge is 2.17. The van der Waals surface area contributed by atoms with E-state index in [0.29, 0.717) is 5.69 Å². The summed E-state index contributed by atoms with van der Waals surface area (Å²) in [6.45, 7) is 5.24. The Morgan fingerprint density at radius 2 is 1.90 bits per heavy atom. The zero-order valence-corrected chi connectivity index (χ0v) is 13.1. The van der Waals surface area contributed by atoms with Gasteiger partial charge < -0.3 is 9.88 Å². The van der Waals surface area contributed by atoms with Crippen molar-refractivity contribution in [2.75, 3.05) is 0 Å². The fourth-order valence-corrected chi connectivity index (χ4v) is 2.37. The SMILES string of the molecule is Cn1cc(CNC(C)(C)CCc2ccccc2)cc1C#N. The summed E-state index contributed by atoms with van der Waals surface area (Å²) in [6.07, 6.45) is 4.16. The fourth-order valence-electron chi connectivity index (χ4n) is 2.37. The number of hydrogen-bond donors (Lipinski definition) is 1. The van der Waals surface area contributed by atoms with E-state index in [9.17, 15) is 0 Å². The van der Waals surface area contributed by atoms with Gasteiger partial charge in [0.25, 0.3) is 0 Å². The second kappa shape index (κ2) is 6.60. The van der Waals surface area contributed by atoms with Gasteiger partial charge in [0.05, 0.1) is 0 Å². The van der Waals surface area contributed by atoms with E-state index in [0.717, 1.165) is 24.9 Å². The molecule has 2 aromatic rings. The van der Waals surface area contributed by atoms with Crippen molar-refractivity contribution in [3.05, 3.63) is 59.4 Å². The average molecular weight is 281 g/mol. The van der Waals surface area contributed by atoms with Crippen LogP contribution in [0.5, 0.6) is 0 Å². The zero-order valence-electron chi connectivity index (χ0n) is 13.1. The van der Waals surface area contributed by atoms with Gasteiger partial charge in [-0.05, 0) is 43.9 Å². The molecule has 0 amide bonds. The van der Waals surface area contributed by atoms with Gasteiger partial charge in [0.1, 0.15) is 11.8 Å². The smallest absolute Gasteiger partial charge is 0.120 e. The van der Waals surface area contributed by atoms with Gasteiger partial charge in [-0.1, -0.05) is 30.3 Å². The number of nitrogens with zero attached hydrogens (tertiary/aromatic N) is 2. The molecule has 0 unspecified atom stereocenters.